The Balaban J connectivity index is 1.27. The summed E-state index contributed by atoms with van der Waals surface area (Å²) in [5.74, 6) is 1.84. The highest BCUT2D eigenvalue weighted by atomic mass is 16.3. The SMILES string of the molecule is c1ccc(-c2ccccc2-c2nc(-c3ccc4ccc5ccc6ccccc6c5c4c3)nc(-c3cccc4oc5ccccc5c34)n2)cc1. The molecular weight excluding hydrogens is 599 g/mol. The van der Waals surface area contributed by atoms with E-state index >= 15 is 0 Å². The normalized spacial score (nSPS) is 11.7. The maximum absolute atomic E-state index is 6.27. The summed E-state index contributed by atoms with van der Waals surface area (Å²) in [5.41, 5.74) is 6.59. The lowest BCUT2D eigenvalue weighted by molar-refractivity contribution is 0.669. The zero-order valence-corrected chi connectivity index (χ0v) is 26.3. The minimum absolute atomic E-state index is 0.600. The van der Waals surface area contributed by atoms with Crippen LogP contribution in [0.25, 0.3) is 99.5 Å². The summed E-state index contributed by atoms with van der Waals surface area (Å²) in [6, 6.07) is 56.9. The number of benzene rings is 8. The molecule has 0 fully saturated rings. The van der Waals surface area contributed by atoms with E-state index in [1.165, 1.54) is 32.3 Å². The average Bonchev–Trinajstić information content (AvgIpc) is 3.56. The van der Waals surface area contributed by atoms with Crippen molar-refractivity contribution < 1.29 is 4.42 Å². The van der Waals surface area contributed by atoms with Crippen molar-refractivity contribution in [3.8, 4) is 45.3 Å². The van der Waals surface area contributed by atoms with Crippen molar-refractivity contribution >= 4 is 54.3 Å². The van der Waals surface area contributed by atoms with Gasteiger partial charge >= 0.3 is 0 Å². The van der Waals surface area contributed by atoms with Crippen molar-refractivity contribution in [2.45, 2.75) is 0 Å². The second kappa shape index (κ2) is 11.0. The zero-order chi connectivity index (χ0) is 32.3. The molecular formula is C45H27N3O. The number of aromatic nitrogens is 3. The highest BCUT2D eigenvalue weighted by Gasteiger charge is 2.19. The number of rotatable bonds is 4. The standard InChI is InChI=1S/C45H27N3O/c1-2-11-28(12-3-1)33-14-6-7-16-35(33)44-46-43(47-45(48-44)37-18-10-20-40-42(37)36-17-8-9-19-39(36)49-40)32-26-23-30-22-25-31-24-21-29-13-4-5-15-34(29)41(31)38(30)27-32/h1-27H. The molecule has 0 spiro atoms. The van der Waals surface area contributed by atoms with E-state index in [1.54, 1.807) is 0 Å². The van der Waals surface area contributed by atoms with E-state index < -0.39 is 0 Å². The van der Waals surface area contributed by atoms with Crippen LogP contribution in [-0.4, -0.2) is 15.0 Å². The number of hydrogen-bond donors (Lipinski definition) is 0. The summed E-state index contributed by atoms with van der Waals surface area (Å²) in [7, 11) is 0. The molecule has 8 aromatic carbocycles. The molecule has 0 aliphatic carbocycles. The Labute approximate surface area is 282 Å². The molecule has 0 aliphatic rings. The maximum atomic E-state index is 6.27. The maximum Gasteiger partial charge on any atom is 0.164 e. The Hall–Kier alpha value is -6.65. The van der Waals surface area contributed by atoms with E-state index in [-0.39, 0.29) is 0 Å². The molecule has 4 heteroatoms. The van der Waals surface area contributed by atoms with Gasteiger partial charge in [-0.05, 0) is 61.6 Å². The van der Waals surface area contributed by atoms with Crippen LogP contribution in [0, 0.1) is 0 Å². The number of para-hydroxylation sites is 1. The van der Waals surface area contributed by atoms with Gasteiger partial charge in [-0.3, -0.25) is 0 Å². The van der Waals surface area contributed by atoms with Crippen LogP contribution >= 0.6 is 0 Å². The third kappa shape index (κ3) is 4.49. The summed E-state index contributed by atoms with van der Waals surface area (Å²) in [6.07, 6.45) is 0. The van der Waals surface area contributed by atoms with Crippen molar-refractivity contribution in [2.24, 2.45) is 0 Å². The monoisotopic (exact) mass is 625 g/mol. The third-order valence-corrected chi connectivity index (χ3v) is 9.52. The van der Waals surface area contributed by atoms with E-state index in [2.05, 4.69) is 121 Å². The van der Waals surface area contributed by atoms with Crippen LogP contribution in [0.1, 0.15) is 0 Å². The Bertz CT molecular complexity index is 2890. The predicted molar refractivity (Wildman–Crippen MR) is 201 cm³/mol. The molecule has 0 bridgehead atoms. The number of nitrogens with zero attached hydrogens (tertiary/aromatic N) is 3. The smallest absolute Gasteiger partial charge is 0.164 e. The first-order chi connectivity index (χ1) is 24.3. The molecule has 0 atom stereocenters. The van der Waals surface area contributed by atoms with Gasteiger partial charge in [0, 0.05) is 27.5 Å². The molecule has 10 rings (SSSR count). The minimum Gasteiger partial charge on any atom is -0.456 e. The van der Waals surface area contributed by atoms with Gasteiger partial charge in [-0.25, -0.2) is 15.0 Å². The largest absolute Gasteiger partial charge is 0.456 e. The van der Waals surface area contributed by atoms with E-state index in [9.17, 15) is 0 Å². The molecule has 0 saturated heterocycles. The fraction of sp³-hybridized carbons (Fsp3) is 0. The lowest BCUT2D eigenvalue weighted by Gasteiger charge is -2.13. The first kappa shape index (κ1) is 27.5. The van der Waals surface area contributed by atoms with E-state index in [0.717, 1.165) is 49.8 Å². The van der Waals surface area contributed by atoms with Crippen molar-refractivity contribution in [1.29, 1.82) is 0 Å². The number of fused-ring (bicyclic) bond motifs is 8. The fourth-order valence-electron chi connectivity index (χ4n) is 7.22. The van der Waals surface area contributed by atoms with Gasteiger partial charge in [0.05, 0.1) is 0 Å². The van der Waals surface area contributed by atoms with Gasteiger partial charge < -0.3 is 4.42 Å². The summed E-state index contributed by atoms with van der Waals surface area (Å²) in [4.78, 5) is 15.7. The van der Waals surface area contributed by atoms with Gasteiger partial charge in [-0.2, -0.15) is 0 Å². The molecule has 0 N–H and O–H groups in total. The van der Waals surface area contributed by atoms with Crippen LogP contribution in [0.3, 0.4) is 0 Å². The summed E-state index contributed by atoms with van der Waals surface area (Å²) < 4.78 is 6.27. The Morgan fingerprint density at radius 3 is 1.78 bits per heavy atom. The molecule has 228 valence electrons. The van der Waals surface area contributed by atoms with Gasteiger partial charge in [-0.1, -0.05) is 146 Å². The summed E-state index contributed by atoms with van der Waals surface area (Å²) in [6.45, 7) is 0. The molecule has 4 nitrogen and oxygen atoms in total. The summed E-state index contributed by atoms with van der Waals surface area (Å²) >= 11 is 0. The summed E-state index contributed by atoms with van der Waals surface area (Å²) in [5, 5.41) is 9.25. The highest BCUT2D eigenvalue weighted by Crippen LogP contribution is 2.39. The molecule has 2 aromatic heterocycles. The Morgan fingerprint density at radius 2 is 0.918 bits per heavy atom. The second-order valence-corrected chi connectivity index (χ2v) is 12.4. The van der Waals surface area contributed by atoms with Crippen molar-refractivity contribution in [1.82, 2.24) is 15.0 Å². The van der Waals surface area contributed by atoms with E-state index in [1.807, 2.05) is 42.5 Å². The first-order valence-electron chi connectivity index (χ1n) is 16.4. The third-order valence-electron chi connectivity index (χ3n) is 9.52. The van der Waals surface area contributed by atoms with Crippen molar-refractivity contribution in [3.63, 3.8) is 0 Å². The van der Waals surface area contributed by atoms with Crippen LogP contribution in [0.4, 0.5) is 0 Å². The fourth-order valence-corrected chi connectivity index (χ4v) is 7.22. The van der Waals surface area contributed by atoms with Crippen LogP contribution in [0.15, 0.2) is 168 Å². The molecule has 10 aromatic rings. The number of hydrogen-bond acceptors (Lipinski definition) is 4. The quantitative estimate of drug-likeness (QED) is 0.183. The molecule has 0 saturated carbocycles. The molecule has 0 aliphatic heterocycles. The van der Waals surface area contributed by atoms with Crippen LogP contribution < -0.4 is 0 Å². The van der Waals surface area contributed by atoms with Gasteiger partial charge in [0.1, 0.15) is 11.2 Å². The molecule has 0 unspecified atom stereocenters. The Morgan fingerprint density at radius 1 is 0.327 bits per heavy atom. The van der Waals surface area contributed by atoms with Crippen molar-refractivity contribution in [3.05, 3.63) is 164 Å². The van der Waals surface area contributed by atoms with Crippen LogP contribution in [0.5, 0.6) is 0 Å². The Kier molecular flexibility index (Phi) is 6.15. The molecule has 0 amide bonds. The van der Waals surface area contributed by atoms with Gasteiger partial charge in [0.2, 0.25) is 0 Å². The molecule has 2 heterocycles. The van der Waals surface area contributed by atoms with Gasteiger partial charge in [0.15, 0.2) is 17.5 Å². The number of furan rings is 1. The highest BCUT2D eigenvalue weighted by molar-refractivity contribution is 6.20. The zero-order valence-electron chi connectivity index (χ0n) is 26.3. The van der Waals surface area contributed by atoms with Gasteiger partial charge in [-0.15, -0.1) is 0 Å². The lowest BCUT2D eigenvalue weighted by Crippen LogP contribution is -2.01. The first-order valence-corrected chi connectivity index (χ1v) is 16.4. The minimum atomic E-state index is 0.600. The lowest BCUT2D eigenvalue weighted by atomic mass is 9.95. The van der Waals surface area contributed by atoms with E-state index in [4.69, 9.17) is 19.4 Å². The van der Waals surface area contributed by atoms with Crippen LogP contribution in [0.2, 0.25) is 0 Å². The van der Waals surface area contributed by atoms with Crippen LogP contribution in [-0.2, 0) is 0 Å². The van der Waals surface area contributed by atoms with E-state index in [0.29, 0.717) is 17.5 Å². The predicted octanol–water partition coefficient (Wildman–Crippen LogP) is 11.9. The average molecular weight is 626 g/mol. The second-order valence-electron chi connectivity index (χ2n) is 12.4. The molecule has 49 heavy (non-hydrogen) atoms. The molecule has 0 radical (unpaired) electrons. The topological polar surface area (TPSA) is 51.8 Å². The van der Waals surface area contributed by atoms with Gasteiger partial charge in [0.25, 0.3) is 0 Å². The van der Waals surface area contributed by atoms with Crippen molar-refractivity contribution in [2.75, 3.05) is 0 Å².